The molecule has 2 aliphatic rings. The Balaban J connectivity index is 1.74. The Hall–Kier alpha value is -1.95. The van der Waals surface area contributed by atoms with Gasteiger partial charge in [0, 0.05) is 32.6 Å². The van der Waals surface area contributed by atoms with Crippen molar-refractivity contribution in [3.63, 3.8) is 0 Å². The second kappa shape index (κ2) is 6.44. The van der Waals surface area contributed by atoms with Gasteiger partial charge in [0.2, 0.25) is 11.8 Å². The summed E-state index contributed by atoms with van der Waals surface area (Å²) in [5.74, 6) is -0.318. The van der Waals surface area contributed by atoms with Gasteiger partial charge < -0.3 is 15.1 Å². The van der Waals surface area contributed by atoms with Crippen molar-refractivity contribution >= 4 is 11.8 Å². The first-order chi connectivity index (χ1) is 10.6. The van der Waals surface area contributed by atoms with Crippen LogP contribution in [0.15, 0.2) is 24.3 Å². The molecule has 0 bridgehead atoms. The van der Waals surface area contributed by atoms with Gasteiger partial charge in [-0.3, -0.25) is 9.59 Å². The average molecular weight is 305 g/mol. The second-order valence-corrected chi connectivity index (χ2v) is 5.78. The highest BCUT2D eigenvalue weighted by Crippen LogP contribution is 2.23. The third-order valence-electron chi connectivity index (χ3n) is 4.29. The Morgan fingerprint density at radius 1 is 1.36 bits per heavy atom. The first-order valence-corrected chi connectivity index (χ1v) is 7.68. The number of likely N-dealkylation sites (tertiary alicyclic amines) is 1. The third kappa shape index (κ3) is 3.11. The number of halogens is 1. The van der Waals surface area contributed by atoms with E-state index in [1.165, 1.54) is 12.1 Å². The maximum Gasteiger partial charge on any atom is 0.242 e. The zero-order chi connectivity index (χ0) is 15.5. The normalized spacial score (nSPS) is 22.2. The molecule has 3 rings (SSSR count). The number of amides is 2. The van der Waals surface area contributed by atoms with Crippen LogP contribution in [0.5, 0.6) is 0 Å². The van der Waals surface area contributed by atoms with Crippen LogP contribution in [0.4, 0.5) is 4.39 Å². The van der Waals surface area contributed by atoms with Crippen molar-refractivity contribution in [1.29, 1.82) is 0 Å². The van der Waals surface area contributed by atoms with Crippen LogP contribution in [0.2, 0.25) is 0 Å². The number of benzene rings is 1. The van der Waals surface area contributed by atoms with Crippen molar-refractivity contribution < 1.29 is 14.0 Å². The van der Waals surface area contributed by atoms with Gasteiger partial charge in [0.05, 0.1) is 12.6 Å². The molecule has 0 radical (unpaired) electrons. The summed E-state index contributed by atoms with van der Waals surface area (Å²) < 4.78 is 13.5. The maximum atomic E-state index is 13.5. The van der Waals surface area contributed by atoms with Crippen LogP contribution in [-0.4, -0.2) is 54.3 Å². The van der Waals surface area contributed by atoms with Crippen molar-refractivity contribution in [2.24, 2.45) is 0 Å². The molecule has 1 aromatic carbocycles. The molecule has 22 heavy (non-hydrogen) atoms. The molecule has 118 valence electrons. The lowest BCUT2D eigenvalue weighted by Gasteiger charge is -2.37. The quantitative estimate of drug-likeness (QED) is 0.903. The molecule has 5 nitrogen and oxygen atoms in total. The number of carbonyl (C=O) groups is 2. The summed E-state index contributed by atoms with van der Waals surface area (Å²) >= 11 is 0. The minimum Gasteiger partial charge on any atom is -0.333 e. The minimum absolute atomic E-state index is 0.0470. The molecule has 0 aliphatic carbocycles. The first-order valence-electron chi connectivity index (χ1n) is 7.68. The molecular formula is C16H20FN3O2. The topological polar surface area (TPSA) is 52.7 Å². The number of carbonyl (C=O) groups excluding carboxylic acids is 2. The largest absolute Gasteiger partial charge is 0.333 e. The van der Waals surface area contributed by atoms with Crippen molar-refractivity contribution in [1.82, 2.24) is 15.1 Å². The Bertz CT molecular complexity index is 578. The number of nitrogens with zero attached hydrogens (tertiary/aromatic N) is 2. The molecule has 0 saturated carbocycles. The third-order valence-corrected chi connectivity index (χ3v) is 4.29. The van der Waals surface area contributed by atoms with E-state index in [-0.39, 0.29) is 30.2 Å². The molecule has 2 saturated heterocycles. The summed E-state index contributed by atoms with van der Waals surface area (Å²) in [6.07, 6.45) is 1.35. The zero-order valence-electron chi connectivity index (χ0n) is 12.4. The van der Waals surface area contributed by atoms with E-state index < -0.39 is 0 Å². The van der Waals surface area contributed by atoms with Gasteiger partial charge in [-0.15, -0.1) is 0 Å². The Morgan fingerprint density at radius 3 is 2.95 bits per heavy atom. The number of piperazine rings is 1. The van der Waals surface area contributed by atoms with Crippen LogP contribution in [0.25, 0.3) is 0 Å². The van der Waals surface area contributed by atoms with Gasteiger partial charge in [-0.1, -0.05) is 12.1 Å². The molecule has 1 N–H and O–H groups in total. The van der Waals surface area contributed by atoms with Gasteiger partial charge >= 0.3 is 0 Å². The zero-order valence-corrected chi connectivity index (χ0v) is 12.4. The number of hydrogen-bond acceptors (Lipinski definition) is 3. The summed E-state index contributed by atoms with van der Waals surface area (Å²) in [7, 11) is 0. The van der Waals surface area contributed by atoms with Gasteiger partial charge in [0.25, 0.3) is 0 Å². The van der Waals surface area contributed by atoms with E-state index in [0.717, 1.165) is 12.0 Å². The van der Waals surface area contributed by atoms with E-state index in [0.29, 0.717) is 32.6 Å². The maximum absolute atomic E-state index is 13.5. The number of rotatable bonds is 3. The van der Waals surface area contributed by atoms with Crippen LogP contribution >= 0.6 is 0 Å². The monoisotopic (exact) mass is 305 g/mol. The summed E-state index contributed by atoms with van der Waals surface area (Å²) in [6, 6.07) is 6.18. The van der Waals surface area contributed by atoms with Crippen LogP contribution in [-0.2, 0) is 9.59 Å². The standard InChI is InChI=1S/C16H20FN3O2/c17-13-4-1-3-12(9-13)14-10-18-6-8-20(14)16(22)11-19-7-2-5-15(19)21/h1,3-4,9,14,18H,2,5-8,10-11H2. The van der Waals surface area contributed by atoms with Crippen LogP contribution in [0, 0.1) is 5.82 Å². The van der Waals surface area contributed by atoms with Gasteiger partial charge in [-0.25, -0.2) is 4.39 Å². The lowest BCUT2D eigenvalue weighted by atomic mass is 10.0. The molecule has 0 aromatic heterocycles. The lowest BCUT2D eigenvalue weighted by molar-refractivity contribution is -0.140. The van der Waals surface area contributed by atoms with E-state index in [9.17, 15) is 14.0 Å². The highest BCUT2D eigenvalue weighted by atomic mass is 19.1. The van der Waals surface area contributed by atoms with Crippen LogP contribution in [0.3, 0.4) is 0 Å². The fourth-order valence-electron chi connectivity index (χ4n) is 3.14. The fraction of sp³-hybridized carbons (Fsp3) is 0.500. The number of nitrogens with one attached hydrogen (secondary N) is 1. The average Bonchev–Trinajstić information content (AvgIpc) is 2.92. The van der Waals surface area contributed by atoms with Crippen molar-refractivity contribution in [3.8, 4) is 0 Å². The molecular weight excluding hydrogens is 285 g/mol. The molecule has 1 unspecified atom stereocenters. The minimum atomic E-state index is -0.301. The smallest absolute Gasteiger partial charge is 0.242 e. The molecule has 1 atom stereocenters. The summed E-state index contributed by atoms with van der Waals surface area (Å²) in [5.41, 5.74) is 0.785. The predicted molar refractivity (Wildman–Crippen MR) is 79.5 cm³/mol. The van der Waals surface area contributed by atoms with Crippen LogP contribution in [0.1, 0.15) is 24.4 Å². The van der Waals surface area contributed by atoms with Crippen molar-refractivity contribution in [2.45, 2.75) is 18.9 Å². The van der Waals surface area contributed by atoms with E-state index >= 15 is 0 Å². The van der Waals surface area contributed by atoms with E-state index in [1.54, 1.807) is 15.9 Å². The summed E-state index contributed by atoms with van der Waals surface area (Å²) in [5, 5.41) is 3.24. The van der Waals surface area contributed by atoms with E-state index in [2.05, 4.69) is 5.32 Å². The second-order valence-electron chi connectivity index (χ2n) is 5.78. The molecule has 2 aliphatic heterocycles. The molecule has 0 spiro atoms. The number of hydrogen-bond donors (Lipinski definition) is 1. The van der Waals surface area contributed by atoms with Gasteiger partial charge in [0.1, 0.15) is 5.82 Å². The molecule has 2 amide bonds. The fourth-order valence-corrected chi connectivity index (χ4v) is 3.14. The van der Waals surface area contributed by atoms with Crippen molar-refractivity contribution in [3.05, 3.63) is 35.6 Å². The van der Waals surface area contributed by atoms with Gasteiger partial charge in [-0.2, -0.15) is 0 Å². The Kier molecular flexibility index (Phi) is 4.38. The van der Waals surface area contributed by atoms with Crippen LogP contribution < -0.4 is 5.32 Å². The SMILES string of the molecule is O=C1CCCN1CC(=O)N1CCNCC1c1cccc(F)c1. The highest BCUT2D eigenvalue weighted by Gasteiger charge is 2.31. The Labute approximate surface area is 129 Å². The molecule has 1 aromatic rings. The molecule has 6 heteroatoms. The van der Waals surface area contributed by atoms with Gasteiger partial charge in [-0.05, 0) is 24.1 Å². The summed E-state index contributed by atoms with van der Waals surface area (Å²) in [4.78, 5) is 27.6. The lowest BCUT2D eigenvalue weighted by Crippen LogP contribution is -2.51. The predicted octanol–water partition coefficient (Wildman–Crippen LogP) is 0.921. The Morgan fingerprint density at radius 2 is 2.23 bits per heavy atom. The highest BCUT2D eigenvalue weighted by molar-refractivity contribution is 5.86. The summed E-state index contributed by atoms with van der Waals surface area (Å²) in [6.45, 7) is 2.67. The van der Waals surface area contributed by atoms with E-state index in [4.69, 9.17) is 0 Å². The van der Waals surface area contributed by atoms with Gasteiger partial charge in [0.15, 0.2) is 0 Å². The molecule has 2 heterocycles. The first kappa shape index (κ1) is 15.0. The van der Waals surface area contributed by atoms with Crippen molar-refractivity contribution in [2.75, 3.05) is 32.7 Å². The van der Waals surface area contributed by atoms with E-state index in [1.807, 2.05) is 6.07 Å². The molecule has 2 fully saturated rings.